The van der Waals surface area contributed by atoms with Crippen LogP contribution >= 0.6 is 15.9 Å². The molecule has 2 heterocycles. The van der Waals surface area contributed by atoms with Crippen LogP contribution in [0.5, 0.6) is 0 Å². The van der Waals surface area contributed by atoms with E-state index in [-0.39, 0.29) is 10.9 Å². The highest BCUT2D eigenvalue weighted by molar-refractivity contribution is 9.10. The molecule has 3 aromatic rings. The van der Waals surface area contributed by atoms with Crippen LogP contribution in [0.15, 0.2) is 47.2 Å². The van der Waals surface area contributed by atoms with Crippen LogP contribution in [0.4, 0.5) is 4.39 Å². The first kappa shape index (κ1) is 13.6. The highest BCUT2D eigenvalue weighted by Gasteiger charge is 2.15. The average Bonchev–Trinajstić information content (AvgIpc) is 2.47. The molecule has 21 heavy (non-hydrogen) atoms. The Hall–Kier alpha value is -2.34. The molecule has 2 aromatic heterocycles. The summed E-state index contributed by atoms with van der Waals surface area (Å²) in [5, 5.41) is 9.61. The molecule has 0 spiro atoms. The molecule has 0 aliphatic carbocycles. The fourth-order valence-corrected chi connectivity index (χ4v) is 2.62. The molecular formula is C15H8BrFN2O2. The summed E-state index contributed by atoms with van der Waals surface area (Å²) in [6.45, 7) is 0. The quantitative estimate of drug-likeness (QED) is 0.764. The number of carbonyl (C=O) groups is 1. The van der Waals surface area contributed by atoms with E-state index in [1.165, 1.54) is 18.2 Å². The Labute approximate surface area is 127 Å². The van der Waals surface area contributed by atoms with E-state index in [1.54, 1.807) is 24.5 Å². The van der Waals surface area contributed by atoms with Crippen LogP contribution in [0.1, 0.15) is 10.4 Å². The van der Waals surface area contributed by atoms with Gasteiger partial charge in [-0.2, -0.15) is 0 Å². The number of hydrogen-bond donors (Lipinski definition) is 1. The summed E-state index contributed by atoms with van der Waals surface area (Å²) in [4.78, 5) is 19.8. The predicted molar refractivity (Wildman–Crippen MR) is 79.6 cm³/mol. The van der Waals surface area contributed by atoms with Crippen molar-refractivity contribution in [3.63, 3.8) is 0 Å². The Morgan fingerprint density at radius 3 is 2.57 bits per heavy atom. The number of aromatic carboxylic acids is 1. The van der Waals surface area contributed by atoms with Gasteiger partial charge in [0.15, 0.2) is 0 Å². The van der Waals surface area contributed by atoms with Gasteiger partial charge in [-0.15, -0.1) is 0 Å². The van der Waals surface area contributed by atoms with E-state index in [0.29, 0.717) is 15.7 Å². The van der Waals surface area contributed by atoms with Gasteiger partial charge in [0.1, 0.15) is 5.82 Å². The summed E-state index contributed by atoms with van der Waals surface area (Å²) < 4.78 is 13.9. The Bertz CT molecular complexity index is 853. The first-order chi connectivity index (χ1) is 10.1. The predicted octanol–water partition coefficient (Wildman–Crippen LogP) is 3.90. The summed E-state index contributed by atoms with van der Waals surface area (Å²) in [5.41, 5.74) is 1.65. The molecule has 0 saturated heterocycles. The van der Waals surface area contributed by atoms with E-state index >= 15 is 0 Å². The summed E-state index contributed by atoms with van der Waals surface area (Å²) in [7, 11) is 0. The van der Waals surface area contributed by atoms with Crippen molar-refractivity contribution < 1.29 is 14.3 Å². The maximum absolute atomic E-state index is 13.5. The van der Waals surface area contributed by atoms with E-state index < -0.39 is 11.8 Å². The van der Waals surface area contributed by atoms with Gasteiger partial charge in [0.2, 0.25) is 0 Å². The molecule has 0 aliphatic heterocycles. The van der Waals surface area contributed by atoms with Crippen LogP contribution in [-0.2, 0) is 0 Å². The fourth-order valence-electron chi connectivity index (χ4n) is 2.10. The first-order valence-electron chi connectivity index (χ1n) is 6.00. The number of nitrogens with zero attached hydrogens (tertiary/aromatic N) is 2. The monoisotopic (exact) mass is 346 g/mol. The minimum absolute atomic E-state index is 0.00649. The van der Waals surface area contributed by atoms with Crippen molar-refractivity contribution >= 4 is 32.8 Å². The zero-order chi connectivity index (χ0) is 15.0. The molecule has 4 nitrogen and oxygen atoms in total. The molecule has 0 fully saturated rings. The third-order valence-electron chi connectivity index (χ3n) is 3.04. The summed E-state index contributed by atoms with van der Waals surface area (Å²) in [5.74, 6) is -1.65. The van der Waals surface area contributed by atoms with Gasteiger partial charge in [-0.25, -0.2) is 14.2 Å². The number of fused-ring (bicyclic) bond motifs is 1. The lowest BCUT2D eigenvalue weighted by molar-refractivity contribution is 0.0699. The van der Waals surface area contributed by atoms with E-state index in [0.717, 1.165) is 5.56 Å². The minimum atomic E-state index is -1.13. The number of halogens is 2. The second-order valence-electron chi connectivity index (χ2n) is 4.38. The van der Waals surface area contributed by atoms with E-state index in [4.69, 9.17) is 0 Å². The topological polar surface area (TPSA) is 63.1 Å². The summed E-state index contributed by atoms with van der Waals surface area (Å²) in [6.07, 6.45) is 3.20. The van der Waals surface area contributed by atoms with Crippen molar-refractivity contribution in [2.45, 2.75) is 0 Å². The Morgan fingerprint density at radius 2 is 1.90 bits per heavy atom. The molecule has 1 N–H and O–H groups in total. The van der Waals surface area contributed by atoms with Gasteiger partial charge >= 0.3 is 5.97 Å². The molecule has 0 saturated carbocycles. The Kier molecular flexibility index (Phi) is 3.39. The lowest BCUT2D eigenvalue weighted by atomic mass is 10.0. The Morgan fingerprint density at radius 1 is 1.19 bits per heavy atom. The number of carboxylic acids is 1. The van der Waals surface area contributed by atoms with Gasteiger partial charge in [-0.3, -0.25) is 4.98 Å². The molecule has 0 atom stereocenters. The SMILES string of the molecule is O=C(O)c1cc(-c2ccncc2)nc2c(Br)cc(F)cc12. The van der Waals surface area contributed by atoms with Gasteiger partial charge < -0.3 is 5.11 Å². The molecular weight excluding hydrogens is 339 g/mol. The average molecular weight is 347 g/mol. The molecule has 0 unspecified atom stereocenters. The van der Waals surface area contributed by atoms with Gasteiger partial charge in [0.05, 0.1) is 16.8 Å². The molecule has 6 heteroatoms. The molecule has 1 aromatic carbocycles. The zero-order valence-corrected chi connectivity index (χ0v) is 12.1. The maximum atomic E-state index is 13.5. The first-order valence-corrected chi connectivity index (χ1v) is 6.79. The number of hydrogen-bond acceptors (Lipinski definition) is 3. The second kappa shape index (κ2) is 5.21. The summed E-state index contributed by atoms with van der Waals surface area (Å²) >= 11 is 3.23. The number of rotatable bonds is 2. The van der Waals surface area contributed by atoms with Crippen molar-refractivity contribution in [2.75, 3.05) is 0 Å². The molecule has 3 rings (SSSR count). The van der Waals surface area contributed by atoms with Gasteiger partial charge in [0, 0.05) is 27.8 Å². The normalized spacial score (nSPS) is 10.8. The molecule has 104 valence electrons. The standard InChI is InChI=1S/C15H8BrFN2O2/c16-12-6-9(17)5-10-11(15(20)21)7-13(19-14(10)12)8-1-3-18-4-2-8/h1-7H,(H,20,21). The van der Waals surface area contributed by atoms with Gasteiger partial charge in [-0.1, -0.05) is 0 Å². The molecule has 0 aliphatic rings. The second-order valence-corrected chi connectivity index (χ2v) is 5.23. The van der Waals surface area contributed by atoms with E-state index in [9.17, 15) is 14.3 Å². The third-order valence-corrected chi connectivity index (χ3v) is 3.64. The number of carboxylic acid groups (broad SMARTS) is 1. The molecule has 0 amide bonds. The van der Waals surface area contributed by atoms with Gasteiger partial charge in [0.25, 0.3) is 0 Å². The number of aromatic nitrogens is 2. The van der Waals surface area contributed by atoms with Crippen molar-refractivity contribution in [1.82, 2.24) is 9.97 Å². The van der Waals surface area contributed by atoms with Crippen molar-refractivity contribution in [3.8, 4) is 11.3 Å². The van der Waals surface area contributed by atoms with Crippen molar-refractivity contribution in [3.05, 3.63) is 58.6 Å². The Balaban J connectivity index is 2.38. The van der Waals surface area contributed by atoms with Crippen LogP contribution in [0.25, 0.3) is 22.2 Å². The lowest BCUT2D eigenvalue weighted by Gasteiger charge is -2.08. The van der Waals surface area contributed by atoms with E-state index in [2.05, 4.69) is 25.9 Å². The summed E-state index contributed by atoms with van der Waals surface area (Å²) in [6, 6.07) is 7.34. The zero-order valence-electron chi connectivity index (χ0n) is 10.5. The molecule has 0 bridgehead atoms. The van der Waals surface area contributed by atoms with Crippen LogP contribution in [-0.4, -0.2) is 21.0 Å². The molecule has 0 radical (unpaired) electrons. The minimum Gasteiger partial charge on any atom is -0.478 e. The van der Waals surface area contributed by atoms with Crippen LogP contribution in [0.3, 0.4) is 0 Å². The maximum Gasteiger partial charge on any atom is 0.336 e. The van der Waals surface area contributed by atoms with Crippen LogP contribution in [0, 0.1) is 5.82 Å². The number of benzene rings is 1. The van der Waals surface area contributed by atoms with Crippen LogP contribution < -0.4 is 0 Å². The smallest absolute Gasteiger partial charge is 0.336 e. The highest BCUT2D eigenvalue weighted by Crippen LogP contribution is 2.30. The van der Waals surface area contributed by atoms with Crippen LogP contribution in [0.2, 0.25) is 0 Å². The van der Waals surface area contributed by atoms with E-state index in [1.807, 2.05) is 0 Å². The third kappa shape index (κ3) is 2.50. The lowest BCUT2D eigenvalue weighted by Crippen LogP contribution is -2.01. The van der Waals surface area contributed by atoms with Gasteiger partial charge in [-0.05, 0) is 46.3 Å². The van der Waals surface area contributed by atoms with Crippen molar-refractivity contribution in [1.29, 1.82) is 0 Å². The number of pyridine rings is 2. The van der Waals surface area contributed by atoms with Crippen molar-refractivity contribution in [2.24, 2.45) is 0 Å². The fraction of sp³-hybridized carbons (Fsp3) is 0. The highest BCUT2D eigenvalue weighted by atomic mass is 79.9. The largest absolute Gasteiger partial charge is 0.478 e.